The molecule has 1 rings (SSSR count). The topological polar surface area (TPSA) is 30.2 Å². The lowest BCUT2D eigenvalue weighted by molar-refractivity contribution is 0.0986. The first-order valence-electron chi connectivity index (χ1n) is 3.46. The van der Waals surface area contributed by atoms with Crippen LogP contribution in [0.3, 0.4) is 0 Å². The first kappa shape index (κ1) is 10.4. The maximum atomic E-state index is 10.5. The number of rotatable bonds is 1. The van der Waals surface area contributed by atoms with Crippen molar-refractivity contribution in [2.24, 2.45) is 0 Å². The van der Waals surface area contributed by atoms with Crippen molar-refractivity contribution in [3.63, 3.8) is 0 Å². The summed E-state index contributed by atoms with van der Waals surface area (Å²) in [4.78, 5) is 10.5. The summed E-state index contributed by atoms with van der Waals surface area (Å²) in [5.41, 5.74) is 0. The highest BCUT2D eigenvalue weighted by atomic mass is 79.9. The molecular formula is C8H11BrO2. The fraction of sp³-hybridized carbons (Fsp3) is 0.375. The van der Waals surface area contributed by atoms with Crippen LogP contribution in [0.1, 0.15) is 31.3 Å². The molecule has 0 N–H and O–H groups in total. The second kappa shape index (κ2) is 5.13. The Labute approximate surface area is 74.7 Å². The van der Waals surface area contributed by atoms with Gasteiger partial charge in [0, 0.05) is 6.92 Å². The van der Waals surface area contributed by atoms with Gasteiger partial charge in [0.15, 0.2) is 16.2 Å². The van der Waals surface area contributed by atoms with E-state index >= 15 is 0 Å². The van der Waals surface area contributed by atoms with Crippen molar-refractivity contribution in [2.75, 3.05) is 0 Å². The van der Waals surface area contributed by atoms with Crippen LogP contribution in [-0.4, -0.2) is 5.78 Å². The Morgan fingerprint density at radius 2 is 2.00 bits per heavy atom. The molecule has 11 heavy (non-hydrogen) atoms. The summed E-state index contributed by atoms with van der Waals surface area (Å²) in [6, 6.07) is 3.32. The van der Waals surface area contributed by atoms with Gasteiger partial charge in [-0.3, -0.25) is 4.79 Å². The van der Waals surface area contributed by atoms with Crippen molar-refractivity contribution in [1.29, 1.82) is 0 Å². The van der Waals surface area contributed by atoms with Crippen LogP contribution in [0, 0.1) is 0 Å². The summed E-state index contributed by atoms with van der Waals surface area (Å²) >= 11 is 3.08. The summed E-state index contributed by atoms with van der Waals surface area (Å²) < 4.78 is 5.50. The highest BCUT2D eigenvalue weighted by Gasteiger charge is 2.02. The van der Waals surface area contributed by atoms with Gasteiger partial charge in [-0.25, -0.2) is 0 Å². The zero-order chi connectivity index (χ0) is 8.85. The zero-order valence-electron chi connectivity index (χ0n) is 6.85. The van der Waals surface area contributed by atoms with Crippen LogP contribution < -0.4 is 0 Å². The Bertz CT molecular complexity index is 228. The monoisotopic (exact) mass is 218 g/mol. The lowest BCUT2D eigenvalue weighted by Gasteiger charge is -1.82. The number of furan rings is 1. The lowest BCUT2D eigenvalue weighted by Crippen LogP contribution is -1.85. The van der Waals surface area contributed by atoms with Gasteiger partial charge in [-0.1, -0.05) is 13.8 Å². The van der Waals surface area contributed by atoms with Crippen molar-refractivity contribution in [2.45, 2.75) is 20.8 Å². The van der Waals surface area contributed by atoms with Crippen LogP contribution in [0.15, 0.2) is 21.2 Å². The van der Waals surface area contributed by atoms with E-state index in [-0.39, 0.29) is 5.78 Å². The molecule has 0 atom stereocenters. The van der Waals surface area contributed by atoms with Crippen LogP contribution in [0.25, 0.3) is 0 Å². The molecule has 0 fully saturated rings. The molecule has 0 aliphatic carbocycles. The normalized spacial score (nSPS) is 8.36. The third kappa shape index (κ3) is 3.37. The number of hydrogen-bond donors (Lipinski definition) is 0. The highest BCUT2D eigenvalue weighted by molar-refractivity contribution is 9.10. The van der Waals surface area contributed by atoms with Gasteiger partial charge in [0.2, 0.25) is 0 Å². The van der Waals surface area contributed by atoms with Gasteiger partial charge in [-0.15, -0.1) is 0 Å². The second-order valence-electron chi connectivity index (χ2n) is 1.66. The van der Waals surface area contributed by atoms with E-state index in [4.69, 9.17) is 4.42 Å². The molecule has 0 saturated carbocycles. The predicted octanol–water partition coefficient (Wildman–Crippen LogP) is 3.27. The van der Waals surface area contributed by atoms with E-state index < -0.39 is 0 Å². The first-order chi connectivity index (χ1) is 5.20. The average Bonchev–Trinajstić information content (AvgIpc) is 2.40. The van der Waals surface area contributed by atoms with Crippen molar-refractivity contribution >= 4 is 21.7 Å². The number of carbonyl (C=O) groups is 1. The maximum absolute atomic E-state index is 10.5. The molecule has 0 aromatic carbocycles. The summed E-state index contributed by atoms with van der Waals surface area (Å²) in [7, 11) is 0. The summed E-state index contributed by atoms with van der Waals surface area (Å²) in [5, 5.41) is 0. The molecule has 0 aliphatic heterocycles. The molecule has 1 aromatic rings. The molecule has 0 spiro atoms. The fourth-order valence-corrected chi connectivity index (χ4v) is 0.810. The molecule has 0 saturated heterocycles. The van der Waals surface area contributed by atoms with E-state index in [1.165, 1.54) is 6.92 Å². The molecule has 2 nitrogen and oxygen atoms in total. The molecule has 0 radical (unpaired) electrons. The van der Waals surface area contributed by atoms with Crippen molar-refractivity contribution in [3.8, 4) is 0 Å². The van der Waals surface area contributed by atoms with Crippen LogP contribution in [0.5, 0.6) is 0 Å². The predicted molar refractivity (Wildman–Crippen MR) is 47.8 cm³/mol. The van der Waals surface area contributed by atoms with E-state index in [1.807, 2.05) is 13.8 Å². The minimum atomic E-state index is -0.0549. The average molecular weight is 219 g/mol. The van der Waals surface area contributed by atoms with Gasteiger partial charge < -0.3 is 4.42 Å². The van der Waals surface area contributed by atoms with E-state index in [0.29, 0.717) is 10.4 Å². The number of Topliss-reactive ketones (excluding diaryl/α,β-unsaturated/α-hetero) is 1. The smallest absolute Gasteiger partial charge is 0.194 e. The third-order valence-corrected chi connectivity index (χ3v) is 1.35. The molecule has 3 heteroatoms. The van der Waals surface area contributed by atoms with Gasteiger partial charge in [0.05, 0.1) is 0 Å². The van der Waals surface area contributed by atoms with Crippen molar-refractivity contribution in [1.82, 2.24) is 0 Å². The number of halogens is 1. The Morgan fingerprint density at radius 1 is 1.45 bits per heavy atom. The van der Waals surface area contributed by atoms with Crippen molar-refractivity contribution in [3.05, 3.63) is 22.6 Å². The third-order valence-electron chi connectivity index (χ3n) is 0.920. The molecule has 0 bridgehead atoms. The number of carbonyl (C=O) groups excluding carboxylic acids is 1. The van der Waals surface area contributed by atoms with Gasteiger partial charge in [-0.05, 0) is 28.1 Å². The van der Waals surface area contributed by atoms with Gasteiger partial charge in [-0.2, -0.15) is 0 Å². The van der Waals surface area contributed by atoms with Gasteiger partial charge >= 0.3 is 0 Å². The van der Waals surface area contributed by atoms with Gasteiger partial charge in [0.1, 0.15) is 0 Å². The standard InChI is InChI=1S/C6H5BrO2.C2H6/c1-4(8)5-2-3-6(7)9-5;1-2/h2-3H,1H3;1-2H3. The Kier molecular flexibility index (Phi) is 4.86. The van der Waals surface area contributed by atoms with E-state index in [9.17, 15) is 4.79 Å². The van der Waals surface area contributed by atoms with Crippen LogP contribution >= 0.6 is 15.9 Å². The lowest BCUT2D eigenvalue weighted by atomic mass is 10.3. The van der Waals surface area contributed by atoms with E-state index in [2.05, 4.69) is 15.9 Å². The molecule has 62 valence electrons. The molecule has 0 amide bonds. The van der Waals surface area contributed by atoms with E-state index in [0.717, 1.165) is 0 Å². The number of ketones is 1. The fourth-order valence-electron chi connectivity index (χ4n) is 0.504. The summed E-state index contributed by atoms with van der Waals surface area (Å²) in [5.74, 6) is 0.336. The van der Waals surface area contributed by atoms with Crippen LogP contribution in [0.4, 0.5) is 0 Å². The first-order valence-corrected chi connectivity index (χ1v) is 4.26. The summed E-state index contributed by atoms with van der Waals surface area (Å²) in [6.45, 7) is 5.46. The van der Waals surface area contributed by atoms with Crippen molar-refractivity contribution < 1.29 is 9.21 Å². The highest BCUT2D eigenvalue weighted by Crippen LogP contribution is 2.13. The summed E-state index contributed by atoms with van der Waals surface area (Å²) in [6.07, 6.45) is 0. The molecule has 0 aliphatic rings. The number of hydrogen-bond acceptors (Lipinski definition) is 2. The molecule has 0 unspecified atom stereocenters. The van der Waals surface area contributed by atoms with Crippen LogP contribution in [0.2, 0.25) is 0 Å². The zero-order valence-corrected chi connectivity index (χ0v) is 8.44. The second-order valence-corrected chi connectivity index (χ2v) is 2.44. The molecular weight excluding hydrogens is 208 g/mol. The molecule has 1 heterocycles. The Hall–Kier alpha value is -0.570. The SMILES string of the molecule is CC.CC(=O)c1ccc(Br)o1. The van der Waals surface area contributed by atoms with Crippen LogP contribution in [-0.2, 0) is 0 Å². The largest absolute Gasteiger partial charge is 0.446 e. The molecule has 1 aromatic heterocycles. The maximum Gasteiger partial charge on any atom is 0.194 e. The van der Waals surface area contributed by atoms with E-state index in [1.54, 1.807) is 12.1 Å². The minimum absolute atomic E-state index is 0.0549. The Morgan fingerprint density at radius 3 is 2.18 bits per heavy atom. The quantitative estimate of drug-likeness (QED) is 0.678. The minimum Gasteiger partial charge on any atom is -0.446 e. The van der Waals surface area contributed by atoms with Gasteiger partial charge in [0.25, 0.3) is 0 Å². The Balaban J connectivity index is 0.000000461.